The standard InChI is InChI=1S/C16H22N4O2S/c1-9(21)17-8-13(22)18-15-20-19-14(23-15)16-5-10-2-11(6-16)4-12(3-10)7-16/h10-12H,2-8H2,1H3,(H,17,21)(H,18,20,22). The summed E-state index contributed by atoms with van der Waals surface area (Å²) >= 11 is 1.52. The average Bonchev–Trinajstić information content (AvgIpc) is 2.93. The lowest BCUT2D eigenvalue weighted by molar-refractivity contribution is -0.122. The minimum atomic E-state index is -0.256. The maximum Gasteiger partial charge on any atom is 0.245 e. The summed E-state index contributed by atoms with van der Waals surface area (Å²) in [6.07, 6.45) is 7.93. The largest absolute Gasteiger partial charge is 0.347 e. The van der Waals surface area contributed by atoms with E-state index in [9.17, 15) is 9.59 Å². The predicted molar refractivity (Wildman–Crippen MR) is 87.1 cm³/mol. The molecule has 1 aromatic heterocycles. The Kier molecular flexibility index (Phi) is 3.63. The average molecular weight is 334 g/mol. The van der Waals surface area contributed by atoms with Gasteiger partial charge in [-0.1, -0.05) is 11.3 Å². The van der Waals surface area contributed by atoms with E-state index in [0.29, 0.717) is 5.13 Å². The summed E-state index contributed by atoms with van der Waals surface area (Å²) in [6, 6.07) is 0. The van der Waals surface area contributed by atoms with E-state index in [1.54, 1.807) is 0 Å². The molecule has 0 saturated heterocycles. The van der Waals surface area contributed by atoms with E-state index >= 15 is 0 Å². The van der Waals surface area contributed by atoms with Crippen LogP contribution < -0.4 is 10.6 Å². The number of amides is 2. The summed E-state index contributed by atoms with van der Waals surface area (Å²) in [7, 11) is 0. The van der Waals surface area contributed by atoms with Crippen molar-refractivity contribution in [2.24, 2.45) is 17.8 Å². The van der Waals surface area contributed by atoms with Crippen LogP contribution in [0.5, 0.6) is 0 Å². The highest BCUT2D eigenvalue weighted by Crippen LogP contribution is 2.61. The number of carbonyl (C=O) groups is 2. The van der Waals surface area contributed by atoms with Crippen LogP contribution in [0.2, 0.25) is 0 Å². The Balaban J connectivity index is 1.46. The highest BCUT2D eigenvalue weighted by Gasteiger charge is 2.53. The lowest BCUT2D eigenvalue weighted by Gasteiger charge is -2.55. The molecule has 5 rings (SSSR count). The van der Waals surface area contributed by atoms with Gasteiger partial charge in [0.15, 0.2) is 0 Å². The minimum absolute atomic E-state index is 0.0262. The summed E-state index contributed by atoms with van der Waals surface area (Å²) < 4.78 is 0. The van der Waals surface area contributed by atoms with Crippen LogP contribution in [0.15, 0.2) is 0 Å². The molecule has 4 saturated carbocycles. The van der Waals surface area contributed by atoms with Gasteiger partial charge in [-0.05, 0) is 56.3 Å². The minimum Gasteiger partial charge on any atom is -0.347 e. The Bertz CT molecular complexity index is 606. The number of aromatic nitrogens is 2. The topological polar surface area (TPSA) is 84.0 Å². The van der Waals surface area contributed by atoms with Gasteiger partial charge in [0.25, 0.3) is 0 Å². The van der Waals surface area contributed by atoms with Crippen molar-refractivity contribution in [3.8, 4) is 0 Å². The molecule has 124 valence electrons. The molecule has 2 amide bonds. The van der Waals surface area contributed by atoms with Gasteiger partial charge in [-0.2, -0.15) is 0 Å². The molecule has 23 heavy (non-hydrogen) atoms. The first-order valence-corrected chi connectivity index (χ1v) is 9.22. The fourth-order valence-electron chi connectivity index (χ4n) is 5.23. The molecule has 1 aromatic rings. The summed E-state index contributed by atoms with van der Waals surface area (Å²) in [4.78, 5) is 22.6. The third-order valence-electron chi connectivity index (χ3n) is 5.66. The second-order valence-corrected chi connectivity index (χ2v) is 8.55. The second kappa shape index (κ2) is 5.54. The van der Waals surface area contributed by atoms with E-state index in [2.05, 4.69) is 20.8 Å². The Morgan fingerprint density at radius 1 is 1.13 bits per heavy atom. The van der Waals surface area contributed by atoms with Crippen molar-refractivity contribution in [2.75, 3.05) is 11.9 Å². The fourth-order valence-corrected chi connectivity index (χ4v) is 6.21. The second-order valence-electron chi connectivity index (χ2n) is 7.57. The molecule has 4 fully saturated rings. The van der Waals surface area contributed by atoms with Crippen LogP contribution in [0.3, 0.4) is 0 Å². The van der Waals surface area contributed by atoms with Gasteiger partial charge in [0.05, 0.1) is 6.54 Å². The molecule has 0 radical (unpaired) electrons. The maximum absolute atomic E-state index is 11.8. The van der Waals surface area contributed by atoms with Crippen LogP contribution in [0.1, 0.15) is 50.5 Å². The van der Waals surface area contributed by atoms with Crippen molar-refractivity contribution in [1.29, 1.82) is 0 Å². The van der Waals surface area contributed by atoms with Crippen LogP contribution >= 0.6 is 11.3 Å². The van der Waals surface area contributed by atoms with E-state index in [1.807, 2.05) is 0 Å². The van der Waals surface area contributed by atoms with Crippen LogP contribution in [0.25, 0.3) is 0 Å². The molecule has 4 aliphatic rings. The van der Waals surface area contributed by atoms with E-state index < -0.39 is 0 Å². The van der Waals surface area contributed by atoms with Crippen LogP contribution in [-0.2, 0) is 15.0 Å². The molecule has 0 aliphatic heterocycles. The molecule has 6 nitrogen and oxygen atoms in total. The molecular weight excluding hydrogens is 312 g/mol. The first-order chi connectivity index (χ1) is 11.0. The molecule has 4 bridgehead atoms. The van der Waals surface area contributed by atoms with Crippen molar-refractivity contribution in [2.45, 2.75) is 50.9 Å². The summed E-state index contributed by atoms with van der Waals surface area (Å²) in [5.74, 6) is 2.12. The van der Waals surface area contributed by atoms with Gasteiger partial charge in [0.1, 0.15) is 5.01 Å². The smallest absolute Gasteiger partial charge is 0.245 e. The van der Waals surface area contributed by atoms with Crippen LogP contribution in [0.4, 0.5) is 5.13 Å². The fraction of sp³-hybridized carbons (Fsp3) is 0.750. The zero-order valence-electron chi connectivity index (χ0n) is 13.3. The van der Waals surface area contributed by atoms with Crippen LogP contribution in [-0.4, -0.2) is 28.6 Å². The molecule has 1 heterocycles. The number of carbonyl (C=O) groups excluding carboxylic acids is 2. The lowest BCUT2D eigenvalue weighted by Crippen LogP contribution is -2.48. The highest BCUT2D eigenvalue weighted by molar-refractivity contribution is 7.15. The SMILES string of the molecule is CC(=O)NCC(=O)Nc1nnc(C23CC4CC(CC(C4)C2)C3)s1. The molecule has 7 heteroatoms. The van der Waals surface area contributed by atoms with Crippen molar-refractivity contribution in [3.05, 3.63) is 5.01 Å². The van der Waals surface area contributed by atoms with Gasteiger partial charge < -0.3 is 5.32 Å². The Hall–Kier alpha value is -1.50. The van der Waals surface area contributed by atoms with Crippen molar-refractivity contribution < 1.29 is 9.59 Å². The number of hydrogen-bond donors (Lipinski definition) is 2. The predicted octanol–water partition coefficient (Wildman–Crippen LogP) is 2.08. The molecule has 0 aromatic carbocycles. The molecular formula is C16H22N4O2S. The summed E-state index contributed by atoms with van der Waals surface area (Å²) in [6.45, 7) is 1.37. The van der Waals surface area contributed by atoms with Gasteiger partial charge in [-0.15, -0.1) is 10.2 Å². The van der Waals surface area contributed by atoms with E-state index in [4.69, 9.17) is 0 Å². The zero-order chi connectivity index (χ0) is 16.0. The van der Waals surface area contributed by atoms with E-state index in [1.165, 1.54) is 56.8 Å². The van der Waals surface area contributed by atoms with Crippen molar-refractivity contribution >= 4 is 28.3 Å². The third kappa shape index (κ3) is 2.86. The van der Waals surface area contributed by atoms with E-state index in [-0.39, 0.29) is 23.8 Å². The normalized spacial score (nSPS) is 34.4. The molecule has 0 atom stereocenters. The van der Waals surface area contributed by atoms with Gasteiger partial charge in [0.2, 0.25) is 16.9 Å². The Morgan fingerprint density at radius 2 is 1.74 bits per heavy atom. The highest BCUT2D eigenvalue weighted by atomic mass is 32.1. The van der Waals surface area contributed by atoms with E-state index in [0.717, 1.165) is 22.8 Å². The Labute approximate surface area is 139 Å². The van der Waals surface area contributed by atoms with Crippen molar-refractivity contribution in [3.63, 3.8) is 0 Å². The molecule has 0 spiro atoms. The summed E-state index contributed by atoms with van der Waals surface area (Å²) in [5.41, 5.74) is 0.215. The van der Waals surface area contributed by atoms with Gasteiger partial charge in [-0.3, -0.25) is 14.9 Å². The number of nitrogens with one attached hydrogen (secondary N) is 2. The molecule has 4 aliphatic carbocycles. The van der Waals surface area contributed by atoms with Crippen molar-refractivity contribution in [1.82, 2.24) is 15.5 Å². The number of nitrogens with zero attached hydrogens (tertiary/aromatic N) is 2. The number of anilines is 1. The maximum atomic E-state index is 11.8. The summed E-state index contributed by atoms with van der Waals surface area (Å²) in [5, 5.41) is 15.5. The monoisotopic (exact) mass is 334 g/mol. The molecule has 2 N–H and O–H groups in total. The van der Waals surface area contributed by atoms with Crippen LogP contribution in [0, 0.1) is 17.8 Å². The Morgan fingerprint density at radius 3 is 2.30 bits per heavy atom. The van der Waals surface area contributed by atoms with Gasteiger partial charge >= 0.3 is 0 Å². The number of hydrogen-bond acceptors (Lipinski definition) is 5. The first kappa shape index (κ1) is 15.1. The number of rotatable bonds is 4. The molecule has 0 unspecified atom stereocenters. The van der Waals surface area contributed by atoms with Gasteiger partial charge in [0, 0.05) is 12.3 Å². The first-order valence-electron chi connectivity index (χ1n) is 8.41. The third-order valence-corrected chi connectivity index (χ3v) is 6.75. The zero-order valence-corrected chi connectivity index (χ0v) is 14.1. The lowest BCUT2D eigenvalue weighted by atomic mass is 9.50. The van der Waals surface area contributed by atoms with Gasteiger partial charge in [-0.25, -0.2) is 0 Å². The quantitative estimate of drug-likeness (QED) is 0.883.